The molecule has 1 unspecified atom stereocenters. The Morgan fingerprint density at radius 1 is 1.33 bits per heavy atom. The smallest absolute Gasteiger partial charge is 0.177 e. The number of nitrogens with one attached hydrogen (secondary N) is 3. The molecule has 6 heteroatoms. The van der Waals surface area contributed by atoms with Crippen LogP contribution in [0.1, 0.15) is 6.42 Å². The lowest BCUT2D eigenvalue weighted by molar-refractivity contribution is 0.372. The van der Waals surface area contributed by atoms with E-state index in [1.807, 2.05) is 0 Å². The first-order chi connectivity index (χ1) is 4.41. The van der Waals surface area contributed by atoms with E-state index in [4.69, 9.17) is 9.46 Å². The van der Waals surface area contributed by atoms with Crippen molar-refractivity contribution in [2.24, 2.45) is 0 Å². The quantitative estimate of drug-likeness (QED) is 0.323. The van der Waals surface area contributed by atoms with Crippen molar-refractivity contribution in [3.63, 3.8) is 0 Å². The van der Waals surface area contributed by atoms with Gasteiger partial charge < -0.3 is 4.89 Å². The van der Waals surface area contributed by atoms with Crippen LogP contribution in [0.5, 0.6) is 0 Å². The van der Waals surface area contributed by atoms with Gasteiger partial charge >= 0.3 is 0 Å². The average molecular weight is 153 g/mol. The summed E-state index contributed by atoms with van der Waals surface area (Å²) in [6.45, 7) is 2.15. The van der Waals surface area contributed by atoms with Crippen molar-refractivity contribution in [2.75, 3.05) is 13.1 Å². The molecule has 56 valence electrons. The molecule has 4 N–H and O–H groups in total. The molecule has 1 rings (SSSR count). The third-order valence-corrected chi connectivity index (χ3v) is 0.780. The van der Waals surface area contributed by atoms with Crippen molar-refractivity contribution in [3.05, 3.63) is 0 Å². The molecule has 5 nitrogen and oxygen atoms in total. The van der Waals surface area contributed by atoms with Crippen LogP contribution in [0.15, 0.2) is 0 Å². The first-order valence-electron chi connectivity index (χ1n) is 2.70. The van der Waals surface area contributed by atoms with Crippen LogP contribution in [0.3, 0.4) is 0 Å². The van der Waals surface area contributed by atoms with E-state index in [1.54, 1.807) is 0 Å². The summed E-state index contributed by atoms with van der Waals surface area (Å²) in [7, 11) is -1.50. The highest BCUT2D eigenvalue weighted by atomic mass is 31.1. The van der Waals surface area contributed by atoms with Crippen molar-refractivity contribution >= 4 is 8.69 Å². The maximum atomic E-state index is 8.57. The first-order valence-corrected chi connectivity index (χ1v) is 3.69. The second-order valence-corrected chi connectivity index (χ2v) is 1.65. The number of hydrazine groups is 2. The fourth-order valence-electron chi connectivity index (χ4n) is 0.453. The summed E-state index contributed by atoms with van der Waals surface area (Å²) in [5, 5.41) is 0. The van der Waals surface area contributed by atoms with Gasteiger partial charge in [-0.2, -0.15) is 5.53 Å². The molecule has 0 aromatic carbocycles. The Morgan fingerprint density at radius 3 is 1.89 bits per heavy atom. The lowest BCUT2D eigenvalue weighted by atomic mass is 10.4. The molecule has 1 aliphatic heterocycles. The molecule has 1 saturated heterocycles. The molecule has 1 fully saturated rings. The maximum Gasteiger partial charge on any atom is 0.177 e. The van der Waals surface area contributed by atoms with Gasteiger partial charge in [0.05, 0.1) is 0 Å². The summed E-state index contributed by atoms with van der Waals surface area (Å²) < 4.78 is 8.57. The summed E-state index contributed by atoms with van der Waals surface area (Å²) in [6.07, 6.45) is 1.22. The molecule has 1 atom stereocenters. The Balaban J connectivity index is 0.000000187. The zero-order valence-electron chi connectivity index (χ0n) is 5.05. The van der Waals surface area contributed by atoms with E-state index in [1.165, 1.54) is 6.42 Å². The summed E-state index contributed by atoms with van der Waals surface area (Å²) in [5.74, 6) is 0. The molecule has 9 heavy (non-hydrogen) atoms. The molecule has 0 saturated carbocycles. The highest BCUT2D eigenvalue weighted by Gasteiger charge is 1.90. The van der Waals surface area contributed by atoms with Crippen molar-refractivity contribution in [1.29, 1.82) is 0 Å². The Kier molecular flexibility index (Phi) is 8.13. The van der Waals surface area contributed by atoms with Crippen LogP contribution in [0, 0.1) is 0 Å². The second kappa shape index (κ2) is 8.07. The second-order valence-electron chi connectivity index (χ2n) is 1.44. The molecule has 0 aromatic heterocycles. The van der Waals surface area contributed by atoms with Gasteiger partial charge in [-0.1, -0.05) is 0 Å². The van der Waals surface area contributed by atoms with E-state index in [9.17, 15) is 0 Å². The van der Waals surface area contributed by atoms with Crippen LogP contribution in [0.25, 0.3) is 0 Å². The molecule has 0 bridgehead atoms. The van der Waals surface area contributed by atoms with Crippen LogP contribution < -0.4 is 16.4 Å². The van der Waals surface area contributed by atoms with E-state index in [-0.39, 0.29) is 0 Å². The molecular formula is C3H12N3O2P. The summed E-state index contributed by atoms with van der Waals surface area (Å²) in [6, 6.07) is 0. The zero-order valence-corrected chi connectivity index (χ0v) is 6.21. The largest absolute Gasteiger partial charge is 0.348 e. The first kappa shape index (κ1) is 9.07. The molecule has 1 aliphatic rings. The Morgan fingerprint density at radius 2 is 1.78 bits per heavy atom. The van der Waals surface area contributed by atoms with Gasteiger partial charge in [-0.05, 0) is 6.42 Å². The van der Waals surface area contributed by atoms with E-state index >= 15 is 0 Å². The fraction of sp³-hybridized carbons (Fsp3) is 1.00. The summed E-state index contributed by atoms with van der Waals surface area (Å²) in [5.41, 5.74) is 8.63. The summed E-state index contributed by atoms with van der Waals surface area (Å²) >= 11 is 0. The van der Waals surface area contributed by atoms with Gasteiger partial charge in [0.25, 0.3) is 0 Å². The SMILES string of the molecule is C1CNNNC1.O=[PH2]O. The van der Waals surface area contributed by atoms with Crippen LogP contribution >= 0.6 is 8.69 Å². The topological polar surface area (TPSA) is 73.4 Å². The number of hydrogen-bond acceptors (Lipinski definition) is 4. The number of hydrogen-bond donors (Lipinski definition) is 4. The van der Waals surface area contributed by atoms with Crippen molar-refractivity contribution in [1.82, 2.24) is 16.4 Å². The van der Waals surface area contributed by atoms with Crippen LogP contribution in [0.2, 0.25) is 0 Å². The van der Waals surface area contributed by atoms with Crippen LogP contribution in [0.4, 0.5) is 0 Å². The molecule has 0 aliphatic carbocycles. The highest BCUT2D eigenvalue weighted by molar-refractivity contribution is 7.16. The third-order valence-electron chi connectivity index (χ3n) is 0.780. The Bertz CT molecular complexity index is 56.6. The average Bonchev–Trinajstić information content (AvgIpc) is 1.93. The molecule has 1 heterocycles. The van der Waals surface area contributed by atoms with Gasteiger partial charge in [0.1, 0.15) is 0 Å². The normalized spacial score (nSPS) is 19.2. The van der Waals surface area contributed by atoms with Gasteiger partial charge in [0, 0.05) is 13.1 Å². The lowest BCUT2D eigenvalue weighted by Crippen LogP contribution is -2.49. The molecule has 0 spiro atoms. The van der Waals surface area contributed by atoms with Gasteiger partial charge in [0.2, 0.25) is 0 Å². The highest BCUT2D eigenvalue weighted by Crippen LogP contribution is 1.71. The summed E-state index contributed by atoms with van der Waals surface area (Å²) in [4.78, 5) is 7.10. The lowest BCUT2D eigenvalue weighted by Gasteiger charge is -2.12. The van der Waals surface area contributed by atoms with Crippen LogP contribution in [-0.4, -0.2) is 18.0 Å². The maximum absolute atomic E-state index is 8.57. The molecule has 0 radical (unpaired) electrons. The standard InChI is InChI=1S/C3H9N3.H3O2P/c1-2-4-6-5-3-1;1-3-2/h4-6H,1-3H2;3H2,(H,1,2). The number of rotatable bonds is 0. The third kappa shape index (κ3) is 8.07. The van der Waals surface area contributed by atoms with Gasteiger partial charge in [-0.15, -0.1) is 0 Å². The minimum atomic E-state index is -1.50. The predicted molar refractivity (Wildman–Crippen MR) is 36.4 cm³/mol. The van der Waals surface area contributed by atoms with Gasteiger partial charge in [0.15, 0.2) is 8.69 Å². The zero-order chi connectivity index (χ0) is 6.95. The van der Waals surface area contributed by atoms with Crippen molar-refractivity contribution in [2.45, 2.75) is 6.42 Å². The molecule has 0 aromatic rings. The van der Waals surface area contributed by atoms with E-state index in [0.29, 0.717) is 0 Å². The van der Waals surface area contributed by atoms with Crippen molar-refractivity contribution in [3.8, 4) is 0 Å². The minimum absolute atomic E-state index is 1.08. The predicted octanol–water partition coefficient (Wildman–Crippen LogP) is -1.36. The molecular weight excluding hydrogens is 141 g/mol. The van der Waals surface area contributed by atoms with E-state index in [2.05, 4.69) is 16.4 Å². The van der Waals surface area contributed by atoms with E-state index < -0.39 is 8.69 Å². The van der Waals surface area contributed by atoms with E-state index in [0.717, 1.165) is 13.1 Å². The Labute approximate surface area is 55.1 Å². The monoisotopic (exact) mass is 153 g/mol. The fourth-order valence-corrected chi connectivity index (χ4v) is 0.453. The van der Waals surface area contributed by atoms with Gasteiger partial charge in [-0.25, -0.2) is 10.9 Å². The van der Waals surface area contributed by atoms with Crippen LogP contribution in [-0.2, 0) is 4.57 Å². The molecule has 0 amide bonds. The minimum Gasteiger partial charge on any atom is -0.348 e. The van der Waals surface area contributed by atoms with Gasteiger partial charge in [-0.3, -0.25) is 4.57 Å². The van der Waals surface area contributed by atoms with Crippen molar-refractivity contribution < 1.29 is 9.46 Å². The Hall–Kier alpha value is 0.0700.